The largest absolute Gasteiger partial charge is 0.476 e. The van der Waals surface area contributed by atoms with E-state index in [-0.39, 0.29) is 6.04 Å². The minimum atomic E-state index is -0.861. The second-order valence-corrected chi connectivity index (χ2v) is 5.17. The average molecular weight is 278 g/mol. The third kappa shape index (κ3) is 2.49. The summed E-state index contributed by atoms with van der Waals surface area (Å²) in [4.78, 5) is 18.9. The number of hydrogen-bond donors (Lipinski definition) is 2. The van der Waals surface area contributed by atoms with Crippen molar-refractivity contribution in [2.75, 3.05) is 37.7 Å². The second kappa shape index (κ2) is 5.16. The van der Waals surface area contributed by atoms with Gasteiger partial charge in [0.25, 0.3) is 0 Å². The Kier molecular flexibility index (Phi) is 3.35. The highest BCUT2D eigenvalue weighted by atomic mass is 16.5. The highest BCUT2D eigenvalue weighted by molar-refractivity contribution is 5.65. The van der Waals surface area contributed by atoms with Gasteiger partial charge in [-0.05, 0) is 18.6 Å². The molecule has 0 bridgehead atoms. The van der Waals surface area contributed by atoms with Gasteiger partial charge in [-0.25, -0.2) is 4.79 Å². The van der Waals surface area contributed by atoms with Crippen molar-refractivity contribution in [1.29, 1.82) is 0 Å². The van der Waals surface area contributed by atoms with Gasteiger partial charge in [0, 0.05) is 37.8 Å². The number of anilines is 1. The first kappa shape index (κ1) is 13.0. The van der Waals surface area contributed by atoms with E-state index in [1.165, 1.54) is 4.90 Å². The third-order valence-electron chi connectivity index (χ3n) is 3.71. The number of amides is 1. The van der Waals surface area contributed by atoms with Crippen LogP contribution in [0.3, 0.4) is 0 Å². The summed E-state index contributed by atoms with van der Waals surface area (Å²) in [6, 6.07) is 3.99. The van der Waals surface area contributed by atoms with Crippen LogP contribution in [0.25, 0.3) is 0 Å². The number of ether oxygens (including phenoxy) is 1. The second-order valence-electron chi connectivity index (χ2n) is 5.17. The summed E-state index contributed by atoms with van der Waals surface area (Å²) in [5, 5.41) is 8.94. The van der Waals surface area contributed by atoms with Gasteiger partial charge in [0.2, 0.25) is 5.88 Å². The molecular weight excluding hydrogens is 260 g/mol. The number of fused-ring (bicyclic) bond motifs is 1. The van der Waals surface area contributed by atoms with Gasteiger partial charge < -0.3 is 25.4 Å². The van der Waals surface area contributed by atoms with Gasteiger partial charge in [-0.15, -0.1) is 0 Å². The lowest BCUT2D eigenvalue weighted by Crippen LogP contribution is -2.48. The van der Waals surface area contributed by atoms with Crippen LogP contribution in [-0.4, -0.2) is 59.9 Å². The van der Waals surface area contributed by atoms with E-state index in [0.717, 1.165) is 17.8 Å². The Morgan fingerprint density at radius 2 is 2.10 bits per heavy atom. The molecule has 0 radical (unpaired) electrons. The highest BCUT2D eigenvalue weighted by Gasteiger charge is 2.23. The van der Waals surface area contributed by atoms with Crippen LogP contribution in [0.2, 0.25) is 0 Å². The quantitative estimate of drug-likeness (QED) is 0.759. The van der Waals surface area contributed by atoms with E-state index < -0.39 is 6.09 Å². The summed E-state index contributed by atoms with van der Waals surface area (Å²) in [6.07, 6.45) is -0.0737. The lowest BCUT2D eigenvalue weighted by molar-refractivity contribution is 0.142. The summed E-state index contributed by atoms with van der Waals surface area (Å²) in [7, 11) is 0. The molecule has 2 aliphatic heterocycles. The van der Waals surface area contributed by atoms with Crippen LogP contribution in [0.4, 0.5) is 10.6 Å². The molecule has 1 amide bonds. The molecule has 2 aliphatic rings. The molecule has 3 heterocycles. The molecular formula is C13H18N4O3. The maximum atomic E-state index is 10.9. The van der Waals surface area contributed by atoms with Crippen molar-refractivity contribution in [3.63, 3.8) is 0 Å². The zero-order valence-electron chi connectivity index (χ0n) is 11.2. The van der Waals surface area contributed by atoms with Crippen molar-refractivity contribution in [3.8, 4) is 5.88 Å². The fourth-order valence-electron chi connectivity index (χ4n) is 2.57. The Morgan fingerprint density at radius 3 is 2.80 bits per heavy atom. The van der Waals surface area contributed by atoms with E-state index in [9.17, 15) is 4.79 Å². The zero-order chi connectivity index (χ0) is 14.1. The molecule has 20 heavy (non-hydrogen) atoms. The fraction of sp³-hybridized carbons (Fsp3) is 0.538. The standard InChI is InChI=1S/C13H18N4O3/c14-10-7-9-1-2-11(15-12(9)20-8-10)16-3-5-17(6-4-16)13(18)19/h1-2,10H,3-8,14H2,(H,18,19)/t10-/m0/s1. The number of nitrogens with two attached hydrogens (primary N) is 1. The highest BCUT2D eigenvalue weighted by Crippen LogP contribution is 2.25. The number of carbonyl (C=O) groups is 1. The molecule has 108 valence electrons. The summed E-state index contributed by atoms with van der Waals surface area (Å²) in [5.41, 5.74) is 6.89. The Bertz CT molecular complexity index is 514. The summed E-state index contributed by atoms with van der Waals surface area (Å²) in [6.45, 7) is 2.80. The summed E-state index contributed by atoms with van der Waals surface area (Å²) in [5.74, 6) is 1.49. The van der Waals surface area contributed by atoms with Crippen molar-refractivity contribution in [2.45, 2.75) is 12.5 Å². The van der Waals surface area contributed by atoms with E-state index >= 15 is 0 Å². The molecule has 7 heteroatoms. The molecule has 0 unspecified atom stereocenters. The summed E-state index contributed by atoms with van der Waals surface area (Å²) < 4.78 is 5.56. The van der Waals surface area contributed by atoms with Gasteiger partial charge in [-0.1, -0.05) is 0 Å². The van der Waals surface area contributed by atoms with Gasteiger partial charge in [-0.3, -0.25) is 0 Å². The monoisotopic (exact) mass is 278 g/mol. The normalized spacial score (nSPS) is 22.1. The first-order valence-electron chi connectivity index (χ1n) is 6.74. The number of pyridine rings is 1. The van der Waals surface area contributed by atoms with E-state index in [2.05, 4.69) is 9.88 Å². The lowest BCUT2D eigenvalue weighted by atomic mass is 10.1. The molecule has 1 fully saturated rings. The Balaban J connectivity index is 1.71. The van der Waals surface area contributed by atoms with Crippen molar-refractivity contribution in [2.24, 2.45) is 5.73 Å². The number of hydrogen-bond acceptors (Lipinski definition) is 5. The van der Waals surface area contributed by atoms with E-state index in [1.54, 1.807) is 0 Å². The smallest absolute Gasteiger partial charge is 0.407 e. The number of aromatic nitrogens is 1. The minimum absolute atomic E-state index is 0.0364. The molecule has 1 atom stereocenters. The maximum Gasteiger partial charge on any atom is 0.407 e. The van der Waals surface area contributed by atoms with Crippen LogP contribution < -0.4 is 15.4 Å². The van der Waals surface area contributed by atoms with Crippen LogP contribution in [-0.2, 0) is 6.42 Å². The van der Waals surface area contributed by atoms with Crippen molar-refractivity contribution < 1.29 is 14.6 Å². The van der Waals surface area contributed by atoms with Gasteiger partial charge in [0.1, 0.15) is 12.4 Å². The number of piperazine rings is 1. The van der Waals surface area contributed by atoms with Crippen molar-refractivity contribution in [3.05, 3.63) is 17.7 Å². The first-order valence-corrected chi connectivity index (χ1v) is 6.74. The molecule has 1 aromatic rings. The molecule has 7 nitrogen and oxygen atoms in total. The topological polar surface area (TPSA) is 91.9 Å². The molecule has 3 rings (SSSR count). The number of rotatable bonds is 1. The molecule has 3 N–H and O–H groups in total. The first-order chi connectivity index (χ1) is 9.63. The van der Waals surface area contributed by atoms with Crippen LogP contribution in [0, 0.1) is 0 Å². The average Bonchev–Trinajstić information content (AvgIpc) is 2.47. The van der Waals surface area contributed by atoms with Gasteiger partial charge in [0.15, 0.2) is 0 Å². The van der Waals surface area contributed by atoms with Crippen LogP contribution in [0.1, 0.15) is 5.56 Å². The van der Waals surface area contributed by atoms with E-state index in [4.69, 9.17) is 15.6 Å². The van der Waals surface area contributed by atoms with E-state index in [0.29, 0.717) is 38.7 Å². The number of carboxylic acid groups (broad SMARTS) is 1. The molecule has 1 aromatic heterocycles. The van der Waals surface area contributed by atoms with Gasteiger partial charge in [-0.2, -0.15) is 4.98 Å². The van der Waals surface area contributed by atoms with Gasteiger partial charge >= 0.3 is 6.09 Å². The zero-order valence-corrected chi connectivity index (χ0v) is 11.2. The van der Waals surface area contributed by atoms with Crippen LogP contribution in [0.15, 0.2) is 12.1 Å². The van der Waals surface area contributed by atoms with Gasteiger partial charge in [0.05, 0.1) is 0 Å². The third-order valence-corrected chi connectivity index (χ3v) is 3.71. The fourth-order valence-corrected chi connectivity index (χ4v) is 2.57. The molecule has 0 aromatic carbocycles. The Hall–Kier alpha value is -2.02. The molecule has 0 spiro atoms. The Morgan fingerprint density at radius 1 is 1.35 bits per heavy atom. The lowest BCUT2D eigenvalue weighted by Gasteiger charge is -2.34. The molecule has 0 aliphatic carbocycles. The predicted molar refractivity (Wildman–Crippen MR) is 73.2 cm³/mol. The van der Waals surface area contributed by atoms with E-state index in [1.807, 2.05) is 12.1 Å². The van der Waals surface area contributed by atoms with Crippen LogP contribution >= 0.6 is 0 Å². The van der Waals surface area contributed by atoms with Crippen molar-refractivity contribution >= 4 is 11.9 Å². The summed E-state index contributed by atoms with van der Waals surface area (Å²) >= 11 is 0. The maximum absolute atomic E-state index is 10.9. The molecule has 0 saturated carbocycles. The number of nitrogens with zero attached hydrogens (tertiary/aromatic N) is 3. The predicted octanol–water partition coefficient (Wildman–Crippen LogP) is 0.144. The molecule has 1 saturated heterocycles. The Labute approximate surface area is 116 Å². The SMILES string of the molecule is N[C@@H]1COc2nc(N3CCN(C(=O)O)CC3)ccc2C1. The minimum Gasteiger partial charge on any atom is -0.476 e. The van der Waals surface area contributed by atoms with Crippen molar-refractivity contribution in [1.82, 2.24) is 9.88 Å². The van der Waals surface area contributed by atoms with Crippen LogP contribution in [0.5, 0.6) is 5.88 Å².